The van der Waals surface area contributed by atoms with Gasteiger partial charge in [0.2, 0.25) is 0 Å². The van der Waals surface area contributed by atoms with Gasteiger partial charge in [0.15, 0.2) is 10.8 Å². The second-order valence-corrected chi connectivity index (χ2v) is 12.3. The van der Waals surface area contributed by atoms with E-state index in [2.05, 4.69) is 9.97 Å². The number of ether oxygens (including phenoxy) is 3. The molecule has 2 atom stereocenters. The van der Waals surface area contributed by atoms with Gasteiger partial charge < -0.3 is 23.5 Å². The smallest absolute Gasteiger partial charge is 0.490 e. The van der Waals surface area contributed by atoms with Gasteiger partial charge in [0.05, 0.1) is 43.2 Å². The molecular weight excluding hydrogens is 596 g/mol. The predicted molar refractivity (Wildman–Crippen MR) is 164 cm³/mol. The zero-order chi connectivity index (χ0) is 31.0. The third-order valence-electron chi connectivity index (χ3n) is 8.67. The summed E-state index contributed by atoms with van der Waals surface area (Å²) in [6.07, 6.45) is 5.51. The van der Waals surface area contributed by atoms with Gasteiger partial charge in [0, 0.05) is 20.0 Å². The first-order chi connectivity index (χ1) is 20.4. The maximum atomic E-state index is 13.0. The maximum Gasteiger partial charge on any atom is 0.490 e. The van der Waals surface area contributed by atoms with Crippen molar-refractivity contribution in [1.29, 1.82) is 0 Å². The Labute approximate surface area is 260 Å². The van der Waals surface area contributed by atoms with Crippen LogP contribution in [0.4, 0.5) is 0 Å². The second kappa shape index (κ2) is 12.2. The van der Waals surface area contributed by atoms with E-state index in [4.69, 9.17) is 46.7 Å². The van der Waals surface area contributed by atoms with Crippen molar-refractivity contribution in [2.45, 2.75) is 69.8 Å². The Morgan fingerprint density at radius 3 is 2.53 bits per heavy atom. The molecule has 1 saturated heterocycles. The minimum Gasteiger partial charge on any atom is -0.493 e. The van der Waals surface area contributed by atoms with E-state index in [9.17, 15) is 9.59 Å². The Bertz CT molecular complexity index is 1610. The van der Waals surface area contributed by atoms with Crippen LogP contribution in [0.1, 0.15) is 52.0 Å². The highest BCUT2D eigenvalue weighted by atomic mass is 35.5. The number of hydrogen-bond acceptors (Lipinski definition) is 9. The number of carbonyl (C=O) groups excluding carboxylic acids is 1. The minimum absolute atomic E-state index is 0.0930. The van der Waals surface area contributed by atoms with Gasteiger partial charge in [-0.2, -0.15) is 0 Å². The van der Waals surface area contributed by atoms with Crippen LogP contribution >= 0.6 is 23.2 Å². The highest BCUT2D eigenvalue weighted by Gasteiger charge is 2.55. The zero-order valence-electron chi connectivity index (χ0n) is 24.8. The lowest BCUT2D eigenvalue weighted by molar-refractivity contribution is -0.167. The van der Waals surface area contributed by atoms with Crippen molar-refractivity contribution in [3.8, 4) is 5.75 Å². The van der Waals surface area contributed by atoms with Gasteiger partial charge in [-0.05, 0) is 62.8 Å². The number of esters is 1. The molecule has 10 nitrogen and oxygen atoms in total. The third kappa shape index (κ3) is 6.19. The summed E-state index contributed by atoms with van der Waals surface area (Å²) < 4.78 is 30.9. The predicted octanol–water partition coefficient (Wildman–Crippen LogP) is 5.20. The minimum atomic E-state index is -0.971. The third-order valence-corrected chi connectivity index (χ3v) is 9.12. The van der Waals surface area contributed by atoms with Crippen LogP contribution in [0.25, 0.3) is 10.9 Å². The molecule has 2 unspecified atom stereocenters. The molecule has 2 aromatic heterocycles. The molecule has 2 aliphatic rings. The summed E-state index contributed by atoms with van der Waals surface area (Å²) in [5.41, 5.74) is -0.198. The Morgan fingerprint density at radius 1 is 1.14 bits per heavy atom. The summed E-state index contributed by atoms with van der Waals surface area (Å²) in [5, 5.41) is 0.543. The second-order valence-electron chi connectivity index (χ2n) is 11.5. The highest BCUT2D eigenvalue weighted by Crippen LogP contribution is 2.44. The maximum absolute atomic E-state index is 13.0. The summed E-state index contributed by atoms with van der Waals surface area (Å²) in [6.45, 7) is 6.79. The monoisotopic (exact) mass is 629 g/mol. The Balaban J connectivity index is 1.18. The average Bonchev–Trinajstić information content (AvgIpc) is 3.23. The van der Waals surface area contributed by atoms with E-state index in [1.807, 2.05) is 51.1 Å². The van der Waals surface area contributed by atoms with Crippen LogP contribution in [0, 0.1) is 0 Å². The van der Waals surface area contributed by atoms with E-state index in [0.29, 0.717) is 55.5 Å². The summed E-state index contributed by atoms with van der Waals surface area (Å²) >= 11 is 12.1. The van der Waals surface area contributed by atoms with Crippen LogP contribution in [0.3, 0.4) is 0 Å². The number of carbonyl (C=O) groups is 1. The summed E-state index contributed by atoms with van der Waals surface area (Å²) in [4.78, 5) is 33.5. The molecule has 0 saturated carbocycles. The molecule has 13 heteroatoms. The molecule has 1 aromatic carbocycles. The van der Waals surface area contributed by atoms with Crippen molar-refractivity contribution >= 4 is 47.2 Å². The van der Waals surface area contributed by atoms with Gasteiger partial charge in [0.25, 0.3) is 5.56 Å². The van der Waals surface area contributed by atoms with Crippen LogP contribution in [0.5, 0.6) is 5.75 Å². The van der Waals surface area contributed by atoms with E-state index in [1.54, 1.807) is 0 Å². The van der Waals surface area contributed by atoms with Gasteiger partial charge in [-0.25, -0.2) is 14.8 Å². The number of aromatic nitrogens is 3. The highest BCUT2D eigenvalue weighted by molar-refractivity contribution is 6.54. The zero-order valence-corrected chi connectivity index (χ0v) is 26.3. The van der Waals surface area contributed by atoms with E-state index in [0.717, 1.165) is 11.0 Å². The summed E-state index contributed by atoms with van der Waals surface area (Å²) in [5.74, 6) is 0.324. The summed E-state index contributed by atoms with van der Waals surface area (Å²) in [7, 11) is 2.39. The molecule has 0 bridgehead atoms. The number of pyridine rings is 1. The molecule has 43 heavy (non-hydrogen) atoms. The lowest BCUT2D eigenvalue weighted by Crippen LogP contribution is -2.45. The molecule has 5 rings (SSSR count). The standard InChI is InChI=1S/C30H34BCl2N3O7/c1-28(2)29(3,43-31(42-28)20-10-12-30(40-5,13-11-20)27(38)39-4)14-15-41-21-8-6-19(7-9-21)17-36-18-34-24-22(26(36)37)16-23(32)35-25(24)33/h6-10,16,18H,11-15,17H2,1-5H3. The Hall–Kier alpha value is -2.96. The topological polar surface area (TPSA) is 111 Å². The quantitative estimate of drug-likeness (QED) is 0.179. The van der Waals surface area contributed by atoms with Gasteiger partial charge in [0.1, 0.15) is 16.4 Å². The fourth-order valence-electron chi connectivity index (χ4n) is 5.47. The van der Waals surface area contributed by atoms with Crippen molar-refractivity contribution < 1.29 is 28.3 Å². The molecule has 1 fully saturated rings. The molecule has 0 amide bonds. The van der Waals surface area contributed by atoms with Crippen LogP contribution in [-0.4, -0.2) is 65.3 Å². The number of nitrogens with zero attached hydrogens (tertiary/aromatic N) is 3. The van der Waals surface area contributed by atoms with Gasteiger partial charge in [-0.3, -0.25) is 9.36 Å². The number of benzene rings is 1. The van der Waals surface area contributed by atoms with Crippen molar-refractivity contribution in [2.24, 2.45) is 0 Å². The molecule has 1 aliphatic heterocycles. The molecule has 0 spiro atoms. The molecule has 1 aliphatic carbocycles. The van der Waals surface area contributed by atoms with Crippen LogP contribution in [-0.2, 0) is 30.1 Å². The Kier molecular flexibility index (Phi) is 8.93. The fourth-order valence-corrected chi connectivity index (χ4v) is 5.95. The number of methoxy groups -OCH3 is 2. The number of allylic oxidation sites excluding steroid dienone is 1. The van der Waals surface area contributed by atoms with E-state index in [-0.39, 0.29) is 21.8 Å². The average molecular weight is 630 g/mol. The van der Waals surface area contributed by atoms with Crippen molar-refractivity contribution in [1.82, 2.24) is 14.5 Å². The number of fused-ring (bicyclic) bond motifs is 1. The number of rotatable bonds is 9. The largest absolute Gasteiger partial charge is 0.493 e. The molecule has 0 radical (unpaired) electrons. The van der Waals surface area contributed by atoms with E-state index in [1.165, 1.54) is 31.2 Å². The molecular formula is C30H34BCl2N3O7. The first-order valence-corrected chi connectivity index (χ1v) is 14.8. The van der Waals surface area contributed by atoms with Crippen molar-refractivity contribution in [2.75, 3.05) is 20.8 Å². The molecule has 0 N–H and O–H groups in total. The van der Waals surface area contributed by atoms with Gasteiger partial charge in [-0.15, -0.1) is 0 Å². The van der Waals surface area contributed by atoms with Crippen molar-refractivity contribution in [3.63, 3.8) is 0 Å². The number of halogens is 2. The van der Waals surface area contributed by atoms with E-state index >= 15 is 0 Å². The summed E-state index contributed by atoms with van der Waals surface area (Å²) in [6, 6.07) is 9.01. The van der Waals surface area contributed by atoms with Gasteiger partial charge in [-0.1, -0.05) is 41.4 Å². The lowest BCUT2D eigenvalue weighted by atomic mass is 9.69. The SMILES string of the molecule is COC(=O)C1(OC)CC=C(B2OC(C)(C)C(C)(CCOc3ccc(Cn4cnc5c(Cl)nc(Cl)cc5c4=O)cc3)O2)CC1. The first-order valence-electron chi connectivity index (χ1n) is 14.0. The Morgan fingerprint density at radius 2 is 1.88 bits per heavy atom. The molecule has 3 aromatic rings. The number of hydrogen-bond donors (Lipinski definition) is 0. The normalized spacial score (nSPS) is 23.3. The van der Waals surface area contributed by atoms with Crippen LogP contribution < -0.4 is 10.3 Å². The van der Waals surface area contributed by atoms with Crippen LogP contribution in [0.15, 0.2) is 53.0 Å². The first kappa shape index (κ1) is 31.5. The lowest BCUT2D eigenvalue weighted by Gasteiger charge is -2.36. The van der Waals surface area contributed by atoms with Gasteiger partial charge >= 0.3 is 13.1 Å². The molecule has 3 heterocycles. The van der Waals surface area contributed by atoms with Crippen molar-refractivity contribution in [3.05, 3.63) is 74.4 Å². The molecule has 228 valence electrons. The van der Waals surface area contributed by atoms with Crippen LogP contribution in [0.2, 0.25) is 10.3 Å². The van der Waals surface area contributed by atoms with E-state index < -0.39 is 23.9 Å². The fraction of sp³-hybridized carbons (Fsp3) is 0.467.